The molecule has 1 fully saturated rings. The van der Waals surface area contributed by atoms with Crippen LogP contribution in [0, 0.1) is 17.1 Å². The van der Waals surface area contributed by atoms with E-state index in [1.165, 1.54) is 25.0 Å². The highest BCUT2D eigenvalue weighted by Gasteiger charge is 2.19. The van der Waals surface area contributed by atoms with Gasteiger partial charge in [0.1, 0.15) is 11.9 Å². The molecule has 1 aromatic rings. The van der Waals surface area contributed by atoms with Crippen molar-refractivity contribution in [3.63, 3.8) is 0 Å². The van der Waals surface area contributed by atoms with Gasteiger partial charge in [0.25, 0.3) is 0 Å². The van der Waals surface area contributed by atoms with Gasteiger partial charge in [-0.25, -0.2) is 4.39 Å². The van der Waals surface area contributed by atoms with Crippen molar-refractivity contribution in [2.24, 2.45) is 0 Å². The molecule has 1 saturated carbocycles. The lowest BCUT2D eigenvalue weighted by Gasteiger charge is -2.17. The Labute approximate surface area is 95.1 Å². The smallest absolute Gasteiger partial charge is 0.123 e. The van der Waals surface area contributed by atoms with Crippen LogP contribution < -0.4 is 5.32 Å². The van der Waals surface area contributed by atoms with Crippen molar-refractivity contribution in [1.29, 1.82) is 5.26 Å². The fourth-order valence-electron chi connectivity index (χ4n) is 2.19. The number of benzene rings is 1. The van der Waals surface area contributed by atoms with Crippen LogP contribution in [0.5, 0.6) is 0 Å². The van der Waals surface area contributed by atoms with E-state index < -0.39 is 0 Å². The molecule has 1 N–H and O–H groups in total. The summed E-state index contributed by atoms with van der Waals surface area (Å²) in [6, 6.07) is 8.50. The lowest BCUT2D eigenvalue weighted by Crippen LogP contribution is -2.29. The first-order chi connectivity index (χ1) is 7.79. The summed E-state index contributed by atoms with van der Waals surface area (Å²) in [5.41, 5.74) is 0.843. The van der Waals surface area contributed by atoms with Crippen molar-refractivity contribution >= 4 is 0 Å². The van der Waals surface area contributed by atoms with Crippen molar-refractivity contribution in [1.82, 2.24) is 5.32 Å². The molecular formula is C13H15FN2. The molecule has 84 valence electrons. The Morgan fingerprint density at radius 3 is 2.44 bits per heavy atom. The minimum absolute atomic E-state index is 0.263. The van der Waals surface area contributed by atoms with Crippen molar-refractivity contribution in [2.45, 2.75) is 37.8 Å². The van der Waals surface area contributed by atoms with Gasteiger partial charge in [-0.05, 0) is 30.5 Å². The van der Waals surface area contributed by atoms with Gasteiger partial charge in [-0.3, -0.25) is 5.32 Å². The second-order valence-corrected chi connectivity index (χ2v) is 4.26. The fraction of sp³-hybridized carbons (Fsp3) is 0.462. The van der Waals surface area contributed by atoms with Crippen LogP contribution in [0.3, 0.4) is 0 Å². The maximum atomic E-state index is 12.8. The number of nitrogens with zero attached hydrogens (tertiary/aromatic N) is 1. The molecule has 0 amide bonds. The predicted octanol–water partition coefficient (Wildman–Crippen LogP) is 2.92. The molecule has 16 heavy (non-hydrogen) atoms. The molecule has 1 aliphatic carbocycles. The highest BCUT2D eigenvalue weighted by molar-refractivity contribution is 5.24. The first-order valence-electron chi connectivity index (χ1n) is 5.71. The molecule has 1 aromatic carbocycles. The van der Waals surface area contributed by atoms with Crippen molar-refractivity contribution in [2.75, 3.05) is 0 Å². The van der Waals surface area contributed by atoms with Crippen LogP contribution in [0.2, 0.25) is 0 Å². The molecule has 0 radical (unpaired) electrons. The van der Waals surface area contributed by atoms with Gasteiger partial charge < -0.3 is 0 Å². The van der Waals surface area contributed by atoms with E-state index in [4.69, 9.17) is 5.26 Å². The molecule has 0 aliphatic heterocycles. The number of hydrogen-bond acceptors (Lipinski definition) is 2. The van der Waals surface area contributed by atoms with Crippen LogP contribution >= 0.6 is 0 Å². The molecule has 0 bridgehead atoms. The average molecular weight is 218 g/mol. The van der Waals surface area contributed by atoms with Gasteiger partial charge >= 0.3 is 0 Å². The highest BCUT2D eigenvalue weighted by Crippen LogP contribution is 2.22. The Bertz CT molecular complexity index is 374. The van der Waals surface area contributed by atoms with Crippen LogP contribution in [0.4, 0.5) is 4.39 Å². The van der Waals surface area contributed by atoms with Crippen LogP contribution in [0.1, 0.15) is 37.3 Å². The van der Waals surface area contributed by atoms with E-state index in [1.54, 1.807) is 12.1 Å². The Morgan fingerprint density at radius 2 is 1.88 bits per heavy atom. The van der Waals surface area contributed by atoms with Gasteiger partial charge in [0.2, 0.25) is 0 Å². The lowest BCUT2D eigenvalue weighted by molar-refractivity contribution is 0.491. The largest absolute Gasteiger partial charge is 0.295 e. The molecule has 1 unspecified atom stereocenters. The first kappa shape index (κ1) is 11.1. The molecule has 3 heteroatoms. The Kier molecular flexibility index (Phi) is 3.53. The van der Waals surface area contributed by atoms with Crippen molar-refractivity contribution in [3.05, 3.63) is 35.6 Å². The number of hydrogen-bond donors (Lipinski definition) is 1. The topological polar surface area (TPSA) is 35.8 Å². The minimum atomic E-state index is -0.316. The van der Waals surface area contributed by atoms with E-state index in [0.717, 1.165) is 18.4 Å². The number of rotatable bonds is 3. The van der Waals surface area contributed by atoms with Gasteiger partial charge in [0, 0.05) is 6.04 Å². The fourth-order valence-corrected chi connectivity index (χ4v) is 2.19. The SMILES string of the molecule is N#CC(NC1CCCC1)c1ccc(F)cc1. The number of nitrogens with one attached hydrogen (secondary N) is 1. The monoisotopic (exact) mass is 218 g/mol. The van der Waals surface area contributed by atoms with E-state index >= 15 is 0 Å². The Hall–Kier alpha value is -1.40. The molecular weight excluding hydrogens is 203 g/mol. The first-order valence-corrected chi connectivity index (χ1v) is 5.71. The second kappa shape index (κ2) is 5.09. The number of halogens is 1. The molecule has 0 spiro atoms. The predicted molar refractivity (Wildman–Crippen MR) is 60.1 cm³/mol. The quantitative estimate of drug-likeness (QED) is 0.846. The van der Waals surface area contributed by atoms with Crippen molar-refractivity contribution < 1.29 is 4.39 Å². The van der Waals surface area contributed by atoms with Gasteiger partial charge in [0.05, 0.1) is 6.07 Å². The van der Waals surface area contributed by atoms with Crippen LogP contribution in [-0.4, -0.2) is 6.04 Å². The van der Waals surface area contributed by atoms with Gasteiger partial charge in [0.15, 0.2) is 0 Å². The summed E-state index contributed by atoms with van der Waals surface area (Å²) in [6.45, 7) is 0. The zero-order valence-electron chi connectivity index (χ0n) is 9.12. The van der Waals surface area contributed by atoms with E-state index in [0.29, 0.717) is 6.04 Å². The standard InChI is InChI=1S/C13H15FN2/c14-11-7-5-10(6-8-11)13(9-15)16-12-3-1-2-4-12/h5-8,12-13,16H,1-4H2. The molecule has 0 aromatic heterocycles. The van der Waals surface area contributed by atoms with Crippen molar-refractivity contribution in [3.8, 4) is 6.07 Å². The summed E-state index contributed by atoms with van der Waals surface area (Å²) < 4.78 is 12.8. The highest BCUT2D eigenvalue weighted by atomic mass is 19.1. The Morgan fingerprint density at radius 1 is 1.25 bits per heavy atom. The zero-order chi connectivity index (χ0) is 11.4. The Balaban J connectivity index is 2.04. The average Bonchev–Trinajstić information content (AvgIpc) is 2.80. The van der Waals surface area contributed by atoms with Crippen LogP contribution in [0.25, 0.3) is 0 Å². The van der Waals surface area contributed by atoms with Gasteiger partial charge in [-0.1, -0.05) is 25.0 Å². The van der Waals surface area contributed by atoms with Crippen LogP contribution in [0.15, 0.2) is 24.3 Å². The molecule has 0 heterocycles. The third-order valence-electron chi connectivity index (χ3n) is 3.09. The second-order valence-electron chi connectivity index (χ2n) is 4.26. The maximum Gasteiger partial charge on any atom is 0.123 e. The lowest BCUT2D eigenvalue weighted by atomic mass is 10.1. The summed E-state index contributed by atoms with van der Waals surface area (Å²) >= 11 is 0. The summed E-state index contributed by atoms with van der Waals surface area (Å²) in [5, 5.41) is 12.4. The summed E-state index contributed by atoms with van der Waals surface area (Å²) in [5.74, 6) is -0.263. The summed E-state index contributed by atoms with van der Waals surface area (Å²) in [6.07, 6.45) is 4.75. The van der Waals surface area contributed by atoms with E-state index in [2.05, 4.69) is 11.4 Å². The van der Waals surface area contributed by atoms with E-state index in [1.807, 2.05) is 0 Å². The third-order valence-corrected chi connectivity index (χ3v) is 3.09. The normalized spacial score (nSPS) is 18.2. The maximum absolute atomic E-state index is 12.8. The van der Waals surface area contributed by atoms with Gasteiger partial charge in [-0.2, -0.15) is 5.26 Å². The van der Waals surface area contributed by atoms with Gasteiger partial charge in [-0.15, -0.1) is 0 Å². The molecule has 1 atom stereocenters. The summed E-state index contributed by atoms with van der Waals surface area (Å²) in [7, 11) is 0. The summed E-state index contributed by atoms with van der Waals surface area (Å²) in [4.78, 5) is 0. The molecule has 0 saturated heterocycles. The minimum Gasteiger partial charge on any atom is -0.295 e. The molecule has 1 aliphatic rings. The molecule has 2 rings (SSSR count). The number of nitriles is 1. The third kappa shape index (κ3) is 2.59. The van der Waals surface area contributed by atoms with E-state index in [9.17, 15) is 4.39 Å². The van der Waals surface area contributed by atoms with E-state index in [-0.39, 0.29) is 11.9 Å². The molecule has 2 nitrogen and oxygen atoms in total. The zero-order valence-corrected chi connectivity index (χ0v) is 9.12. The van der Waals surface area contributed by atoms with Crippen LogP contribution in [-0.2, 0) is 0 Å².